The Morgan fingerprint density at radius 3 is 2.45 bits per heavy atom. The molecule has 1 aromatic heterocycles. The fourth-order valence-corrected chi connectivity index (χ4v) is 4.33. The van der Waals surface area contributed by atoms with E-state index >= 15 is 0 Å². The van der Waals surface area contributed by atoms with Crippen LogP contribution >= 0.6 is 0 Å². The molecule has 0 unspecified atom stereocenters. The first kappa shape index (κ1) is 20.8. The summed E-state index contributed by atoms with van der Waals surface area (Å²) in [5.74, 6) is 0.0496. The van der Waals surface area contributed by atoms with Gasteiger partial charge in [0.2, 0.25) is 0 Å². The number of carbonyl (C=O) groups excluding carboxylic acids is 1. The van der Waals surface area contributed by atoms with Gasteiger partial charge in [-0.05, 0) is 46.4 Å². The van der Waals surface area contributed by atoms with Gasteiger partial charge in [0.05, 0.1) is 11.6 Å². The van der Waals surface area contributed by atoms with Crippen LogP contribution in [0.25, 0.3) is 28.2 Å². The molecule has 1 amide bonds. The van der Waals surface area contributed by atoms with Crippen LogP contribution in [0.4, 0.5) is 4.79 Å². The number of nitrogens with one attached hydrogen (secondary N) is 1. The van der Waals surface area contributed by atoms with Gasteiger partial charge in [0, 0.05) is 18.5 Å². The van der Waals surface area contributed by atoms with Crippen molar-refractivity contribution >= 4 is 23.1 Å². The summed E-state index contributed by atoms with van der Waals surface area (Å²) >= 11 is 0. The number of rotatable bonds is 6. The Morgan fingerprint density at radius 2 is 1.70 bits per heavy atom. The molecule has 164 valence electrons. The standard InChI is InChI=1S/C28H23NO4/c30-26-14-16-32-27-13-12-19(17-24(26)27)7-5-6-15-29-28(31)33-18-25-22-10-3-1-8-20(22)21-9-2-4-11-23(21)25/h1-5,7-14,16-17,25H,6,15,18H2,(H,29,31). The number of fused-ring (bicyclic) bond motifs is 4. The second-order valence-electron chi connectivity index (χ2n) is 7.98. The fourth-order valence-electron chi connectivity index (χ4n) is 4.33. The van der Waals surface area contributed by atoms with Crippen LogP contribution in [0.3, 0.4) is 0 Å². The molecule has 0 radical (unpaired) electrons. The van der Waals surface area contributed by atoms with Crippen molar-refractivity contribution in [2.45, 2.75) is 12.3 Å². The highest BCUT2D eigenvalue weighted by Gasteiger charge is 2.28. The molecule has 0 atom stereocenters. The summed E-state index contributed by atoms with van der Waals surface area (Å²) in [7, 11) is 0. The molecule has 33 heavy (non-hydrogen) atoms. The van der Waals surface area contributed by atoms with Crippen LogP contribution in [0.5, 0.6) is 0 Å². The lowest BCUT2D eigenvalue weighted by Crippen LogP contribution is -2.26. The zero-order valence-electron chi connectivity index (χ0n) is 18.0. The maximum absolute atomic E-state index is 12.2. The van der Waals surface area contributed by atoms with Crippen molar-refractivity contribution in [3.8, 4) is 11.1 Å². The zero-order valence-corrected chi connectivity index (χ0v) is 18.0. The summed E-state index contributed by atoms with van der Waals surface area (Å²) < 4.78 is 10.9. The van der Waals surface area contributed by atoms with Gasteiger partial charge in [-0.15, -0.1) is 0 Å². The Hall–Kier alpha value is -4.12. The molecule has 5 nitrogen and oxygen atoms in total. The second-order valence-corrected chi connectivity index (χ2v) is 7.98. The predicted octanol–water partition coefficient (Wildman–Crippen LogP) is 5.74. The summed E-state index contributed by atoms with van der Waals surface area (Å²) in [6.45, 7) is 0.762. The normalized spacial score (nSPS) is 12.6. The minimum absolute atomic E-state index is 0.0496. The summed E-state index contributed by atoms with van der Waals surface area (Å²) in [6, 6.07) is 23.4. The second kappa shape index (κ2) is 9.17. The van der Waals surface area contributed by atoms with Crippen molar-refractivity contribution < 1.29 is 13.9 Å². The molecule has 0 fully saturated rings. The topological polar surface area (TPSA) is 68.5 Å². The van der Waals surface area contributed by atoms with Gasteiger partial charge in [0.25, 0.3) is 0 Å². The van der Waals surface area contributed by atoms with Crippen molar-refractivity contribution in [2.75, 3.05) is 13.2 Å². The first-order valence-electron chi connectivity index (χ1n) is 11.0. The number of benzene rings is 3. The largest absolute Gasteiger partial charge is 0.464 e. The van der Waals surface area contributed by atoms with Gasteiger partial charge in [-0.1, -0.05) is 66.7 Å². The maximum Gasteiger partial charge on any atom is 0.407 e. The average Bonchev–Trinajstić information content (AvgIpc) is 3.17. The van der Waals surface area contributed by atoms with Gasteiger partial charge in [0.15, 0.2) is 5.43 Å². The van der Waals surface area contributed by atoms with Crippen LogP contribution < -0.4 is 10.7 Å². The molecule has 5 heteroatoms. The quantitative estimate of drug-likeness (QED) is 0.391. The molecule has 1 aliphatic carbocycles. The lowest BCUT2D eigenvalue weighted by atomic mass is 9.98. The van der Waals surface area contributed by atoms with E-state index in [0.29, 0.717) is 30.5 Å². The summed E-state index contributed by atoms with van der Waals surface area (Å²) in [5.41, 5.74) is 6.21. The third kappa shape index (κ3) is 4.30. The smallest absolute Gasteiger partial charge is 0.407 e. The van der Waals surface area contributed by atoms with Crippen LogP contribution in [0.15, 0.2) is 94.3 Å². The first-order valence-corrected chi connectivity index (χ1v) is 11.0. The lowest BCUT2D eigenvalue weighted by Gasteiger charge is -2.14. The van der Waals surface area contributed by atoms with Crippen molar-refractivity contribution in [3.05, 3.63) is 112 Å². The zero-order chi connectivity index (χ0) is 22.6. The van der Waals surface area contributed by atoms with Crippen LogP contribution in [0.1, 0.15) is 29.0 Å². The Balaban J connectivity index is 1.13. The number of ether oxygens (including phenoxy) is 1. The third-order valence-electron chi connectivity index (χ3n) is 5.92. The van der Waals surface area contributed by atoms with Crippen molar-refractivity contribution in [1.29, 1.82) is 0 Å². The highest BCUT2D eigenvalue weighted by Crippen LogP contribution is 2.44. The van der Waals surface area contributed by atoms with Gasteiger partial charge in [-0.2, -0.15) is 0 Å². The number of alkyl carbamates (subject to hydrolysis) is 1. The maximum atomic E-state index is 12.2. The van der Waals surface area contributed by atoms with Gasteiger partial charge in [0.1, 0.15) is 12.2 Å². The minimum atomic E-state index is -0.423. The third-order valence-corrected chi connectivity index (χ3v) is 5.92. The van der Waals surface area contributed by atoms with Crippen molar-refractivity contribution in [2.24, 2.45) is 0 Å². The number of carbonyl (C=O) groups is 1. The van der Waals surface area contributed by atoms with E-state index in [2.05, 4.69) is 29.6 Å². The fraction of sp³-hybridized carbons (Fsp3) is 0.143. The van der Waals surface area contributed by atoms with Crippen LogP contribution in [0.2, 0.25) is 0 Å². The molecule has 1 aliphatic rings. The van der Waals surface area contributed by atoms with Crippen LogP contribution in [-0.2, 0) is 4.74 Å². The van der Waals surface area contributed by atoms with E-state index in [1.165, 1.54) is 34.6 Å². The monoisotopic (exact) mass is 437 g/mol. The molecule has 0 saturated heterocycles. The van der Waals surface area contributed by atoms with E-state index in [-0.39, 0.29) is 11.3 Å². The predicted molar refractivity (Wildman–Crippen MR) is 129 cm³/mol. The average molecular weight is 437 g/mol. The Kier molecular flexibility index (Phi) is 5.77. The molecular formula is C28H23NO4. The van der Waals surface area contributed by atoms with E-state index in [1.807, 2.05) is 42.5 Å². The minimum Gasteiger partial charge on any atom is -0.464 e. The number of amides is 1. The van der Waals surface area contributed by atoms with E-state index < -0.39 is 6.09 Å². The van der Waals surface area contributed by atoms with E-state index in [0.717, 1.165) is 5.56 Å². The summed E-state index contributed by atoms with van der Waals surface area (Å²) in [5, 5.41) is 3.35. The van der Waals surface area contributed by atoms with Gasteiger partial charge < -0.3 is 14.5 Å². The molecule has 4 aromatic rings. The highest BCUT2D eigenvalue weighted by atomic mass is 16.5. The lowest BCUT2D eigenvalue weighted by molar-refractivity contribution is 0.143. The highest BCUT2D eigenvalue weighted by molar-refractivity contribution is 5.80. The molecule has 0 bridgehead atoms. The van der Waals surface area contributed by atoms with Crippen LogP contribution in [-0.4, -0.2) is 19.2 Å². The Bertz CT molecular complexity index is 1360. The molecule has 5 rings (SSSR count). The molecule has 3 aromatic carbocycles. The first-order chi connectivity index (χ1) is 16.2. The van der Waals surface area contributed by atoms with E-state index in [9.17, 15) is 9.59 Å². The molecule has 0 aliphatic heterocycles. The van der Waals surface area contributed by atoms with Gasteiger partial charge >= 0.3 is 6.09 Å². The molecule has 0 spiro atoms. The van der Waals surface area contributed by atoms with E-state index in [1.54, 1.807) is 12.1 Å². The number of hydrogen-bond acceptors (Lipinski definition) is 4. The summed E-state index contributed by atoms with van der Waals surface area (Å²) in [4.78, 5) is 24.2. The Labute approximate surface area is 191 Å². The number of hydrogen-bond donors (Lipinski definition) is 1. The Morgan fingerprint density at radius 1 is 0.970 bits per heavy atom. The van der Waals surface area contributed by atoms with Crippen molar-refractivity contribution in [3.63, 3.8) is 0 Å². The molecular weight excluding hydrogens is 414 g/mol. The van der Waals surface area contributed by atoms with Crippen LogP contribution in [0, 0.1) is 0 Å². The van der Waals surface area contributed by atoms with Gasteiger partial charge in [-0.3, -0.25) is 4.79 Å². The summed E-state index contributed by atoms with van der Waals surface area (Å²) in [6.07, 6.45) is 5.50. The SMILES string of the molecule is O=C(NCCC=Cc1ccc2occc(=O)c2c1)OCC1c2ccccc2-c2ccccc21. The molecule has 1 N–H and O–H groups in total. The molecule has 0 saturated carbocycles. The van der Waals surface area contributed by atoms with E-state index in [4.69, 9.17) is 9.15 Å². The van der Waals surface area contributed by atoms with Gasteiger partial charge in [-0.25, -0.2) is 4.79 Å². The van der Waals surface area contributed by atoms with Crippen molar-refractivity contribution in [1.82, 2.24) is 5.32 Å². The molecule has 1 heterocycles.